The van der Waals surface area contributed by atoms with Crippen LogP contribution in [-0.4, -0.2) is 11.2 Å². The van der Waals surface area contributed by atoms with E-state index < -0.39 is 0 Å². The summed E-state index contributed by atoms with van der Waals surface area (Å²) in [6, 6.07) is 16.2. The Morgan fingerprint density at radius 2 is 1.76 bits per heavy atom. The van der Waals surface area contributed by atoms with Gasteiger partial charge in [0, 0.05) is 4.88 Å². The molecule has 0 aliphatic heterocycles. The van der Waals surface area contributed by atoms with Gasteiger partial charge in [0.05, 0.1) is 11.9 Å². The van der Waals surface area contributed by atoms with Crippen molar-refractivity contribution in [2.24, 2.45) is 5.10 Å². The van der Waals surface area contributed by atoms with E-state index in [1.165, 1.54) is 10.4 Å². The van der Waals surface area contributed by atoms with Gasteiger partial charge >= 0.3 is 0 Å². The van der Waals surface area contributed by atoms with Gasteiger partial charge in [-0.15, -0.1) is 11.3 Å². The molecule has 25 heavy (non-hydrogen) atoms. The molecule has 0 saturated carbocycles. The van der Waals surface area contributed by atoms with Gasteiger partial charge in [0.2, 0.25) is 5.13 Å². The van der Waals surface area contributed by atoms with Crippen LogP contribution in [-0.2, 0) is 6.61 Å². The third kappa shape index (κ3) is 4.90. The molecular formula is C20H21N3OS. The smallest absolute Gasteiger partial charge is 0.203 e. The minimum atomic E-state index is 0.567. The van der Waals surface area contributed by atoms with Crippen molar-refractivity contribution >= 4 is 22.7 Å². The lowest BCUT2D eigenvalue weighted by molar-refractivity contribution is 0.306. The van der Waals surface area contributed by atoms with Crippen LogP contribution in [0, 0.1) is 20.8 Å². The Morgan fingerprint density at radius 1 is 1.04 bits per heavy atom. The fraction of sp³-hybridized carbons (Fsp3) is 0.200. The standard InChI is InChI=1S/C20H21N3OS/c1-14-4-6-18(7-5-14)13-24-19-10-8-17(9-11-19)12-21-23-20-22-15(2)16(3)25-20/h4-12H,13H2,1-3H3,(H,22,23)/b21-12-. The summed E-state index contributed by atoms with van der Waals surface area (Å²) >= 11 is 1.60. The van der Waals surface area contributed by atoms with Crippen LogP contribution in [0.2, 0.25) is 0 Å². The number of ether oxygens (including phenoxy) is 1. The molecule has 3 aromatic rings. The number of rotatable bonds is 6. The lowest BCUT2D eigenvalue weighted by Crippen LogP contribution is -1.95. The molecule has 0 bridgehead atoms. The molecule has 0 radical (unpaired) electrons. The average molecular weight is 351 g/mol. The molecule has 128 valence electrons. The molecule has 0 saturated heterocycles. The van der Waals surface area contributed by atoms with Crippen LogP contribution in [0.5, 0.6) is 5.75 Å². The topological polar surface area (TPSA) is 46.5 Å². The van der Waals surface area contributed by atoms with Crippen LogP contribution >= 0.6 is 11.3 Å². The summed E-state index contributed by atoms with van der Waals surface area (Å²) < 4.78 is 5.81. The number of nitrogens with one attached hydrogen (secondary N) is 1. The number of aryl methyl sites for hydroxylation is 3. The van der Waals surface area contributed by atoms with Gasteiger partial charge in [0.25, 0.3) is 0 Å². The van der Waals surface area contributed by atoms with E-state index in [1.54, 1.807) is 17.6 Å². The van der Waals surface area contributed by atoms with Gasteiger partial charge in [-0.2, -0.15) is 5.10 Å². The number of hydrogen-bond donors (Lipinski definition) is 1. The number of anilines is 1. The molecule has 0 atom stereocenters. The van der Waals surface area contributed by atoms with Gasteiger partial charge in [-0.05, 0) is 56.2 Å². The zero-order chi connectivity index (χ0) is 17.6. The zero-order valence-electron chi connectivity index (χ0n) is 14.6. The highest BCUT2D eigenvalue weighted by atomic mass is 32.1. The Balaban J connectivity index is 1.52. The highest BCUT2D eigenvalue weighted by Crippen LogP contribution is 2.21. The van der Waals surface area contributed by atoms with Gasteiger partial charge in [-0.1, -0.05) is 29.8 Å². The van der Waals surface area contributed by atoms with Crippen LogP contribution in [0.4, 0.5) is 5.13 Å². The van der Waals surface area contributed by atoms with Crippen LogP contribution in [0.1, 0.15) is 27.3 Å². The lowest BCUT2D eigenvalue weighted by atomic mass is 10.2. The maximum atomic E-state index is 5.81. The van der Waals surface area contributed by atoms with Gasteiger partial charge in [-0.25, -0.2) is 4.98 Å². The van der Waals surface area contributed by atoms with E-state index in [0.717, 1.165) is 27.7 Å². The summed E-state index contributed by atoms with van der Waals surface area (Å²) in [5.74, 6) is 0.844. The molecule has 0 aliphatic carbocycles. The van der Waals surface area contributed by atoms with Crippen LogP contribution in [0.15, 0.2) is 53.6 Å². The summed E-state index contributed by atoms with van der Waals surface area (Å²) in [6.45, 7) is 6.70. The first-order valence-corrected chi connectivity index (χ1v) is 8.93. The maximum absolute atomic E-state index is 5.81. The van der Waals surface area contributed by atoms with Crippen molar-refractivity contribution in [1.29, 1.82) is 0 Å². The normalized spacial score (nSPS) is 11.0. The number of hydrogen-bond acceptors (Lipinski definition) is 5. The highest BCUT2D eigenvalue weighted by molar-refractivity contribution is 7.15. The van der Waals surface area contributed by atoms with Gasteiger partial charge in [-0.3, -0.25) is 5.43 Å². The zero-order valence-corrected chi connectivity index (χ0v) is 15.4. The van der Waals surface area contributed by atoms with Crippen LogP contribution in [0.25, 0.3) is 0 Å². The molecule has 5 heteroatoms. The third-order valence-corrected chi connectivity index (χ3v) is 4.79. The van der Waals surface area contributed by atoms with Crippen molar-refractivity contribution in [3.8, 4) is 5.75 Å². The first-order valence-electron chi connectivity index (χ1n) is 8.12. The van der Waals surface area contributed by atoms with Crippen LogP contribution < -0.4 is 10.2 Å². The number of benzene rings is 2. The minimum Gasteiger partial charge on any atom is -0.489 e. The largest absolute Gasteiger partial charge is 0.489 e. The molecule has 3 rings (SSSR count). The molecule has 0 fully saturated rings. The Hall–Kier alpha value is -2.66. The fourth-order valence-electron chi connectivity index (χ4n) is 2.18. The Labute approximate surface area is 152 Å². The molecule has 0 spiro atoms. The monoisotopic (exact) mass is 351 g/mol. The third-order valence-electron chi connectivity index (χ3n) is 3.81. The second kappa shape index (κ2) is 7.94. The first-order chi connectivity index (χ1) is 12.1. The van der Waals surface area contributed by atoms with E-state index in [0.29, 0.717) is 6.61 Å². The molecular weight excluding hydrogens is 330 g/mol. The predicted molar refractivity (Wildman–Crippen MR) is 105 cm³/mol. The summed E-state index contributed by atoms with van der Waals surface area (Å²) in [6.07, 6.45) is 1.77. The number of thiazole rings is 1. The van der Waals surface area contributed by atoms with Crippen LogP contribution in [0.3, 0.4) is 0 Å². The Morgan fingerprint density at radius 3 is 2.40 bits per heavy atom. The number of nitrogens with zero attached hydrogens (tertiary/aromatic N) is 2. The lowest BCUT2D eigenvalue weighted by Gasteiger charge is -2.06. The van der Waals surface area contributed by atoms with E-state index >= 15 is 0 Å². The molecule has 0 amide bonds. The molecule has 2 aromatic carbocycles. The number of aromatic nitrogens is 1. The van der Waals surface area contributed by atoms with Gasteiger partial charge < -0.3 is 4.74 Å². The quantitative estimate of drug-likeness (QED) is 0.497. The first kappa shape index (κ1) is 17.2. The van der Waals surface area contributed by atoms with Crippen molar-refractivity contribution in [3.63, 3.8) is 0 Å². The molecule has 4 nitrogen and oxygen atoms in total. The summed E-state index contributed by atoms with van der Waals surface area (Å²) in [7, 11) is 0. The minimum absolute atomic E-state index is 0.567. The number of hydrazone groups is 1. The molecule has 1 aromatic heterocycles. The van der Waals surface area contributed by atoms with Crippen molar-refractivity contribution < 1.29 is 4.74 Å². The average Bonchev–Trinajstić information content (AvgIpc) is 2.93. The van der Waals surface area contributed by atoms with E-state index in [4.69, 9.17) is 4.74 Å². The summed E-state index contributed by atoms with van der Waals surface area (Å²) in [4.78, 5) is 5.59. The maximum Gasteiger partial charge on any atom is 0.203 e. The molecule has 1 heterocycles. The second-order valence-corrected chi connectivity index (χ2v) is 7.08. The van der Waals surface area contributed by atoms with Crippen molar-refractivity contribution in [2.75, 3.05) is 5.43 Å². The van der Waals surface area contributed by atoms with E-state index in [1.807, 2.05) is 31.2 Å². The van der Waals surface area contributed by atoms with Crippen molar-refractivity contribution in [3.05, 3.63) is 75.8 Å². The van der Waals surface area contributed by atoms with Gasteiger partial charge in [0.15, 0.2) is 0 Å². The Kier molecular flexibility index (Phi) is 5.46. The van der Waals surface area contributed by atoms with E-state index in [2.05, 4.69) is 53.6 Å². The summed E-state index contributed by atoms with van der Waals surface area (Å²) in [5, 5.41) is 5.04. The molecule has 0 unspecified atom stereocenters. The second-order valence-electron chi connectivity index (χ2n) is 5.87. The SMILES string of the molecule is Cc1ccc(COc2ccc(/C=N\Nc3nc(C)c(C)s3)cc2)cc1. The predicted octanol–water partition coefficient (Wildman–Crippen LogP) is 5.09. The molecule has 0 aliphatic rings. The highest BCUT2D eigenvalue weighted by Gasteiger charge is 2.01. The van der Waals surface area contributed by atoms with E-state index in [9.17, 15) is 0 Å². The van der Waals surface area contributed by atoms with Crippen molar-refractivity contribution in [1.82, 2.24) is 4.98 Å². The Bertz CT molecular complexity index is 832. The van der Waals surface area contributed by atoms with Gasteiger partial charge in [0.1, 0.15) is 12.4 Å². The van der Waals surface area contributed by atoms with E-state index in [-0.39, 0.29) is 0 Å². The summed E-state index contributed by atoms with van der Waals surface area (Å²) in [5.41, 5.74) is 7.42. The molecule has 1 N–H and O–H groups in total. The fourth-order valence-corrected chi connectivity index (χ4v) is 2.95. The van der Waals surface area contributed by atoms with Crippen molar-refractivity contribution in [2.45, 2.75) is 27.4 Å².